The van der Waals surface area contributed by atoms with E-state index in [1.54, 1.807) is 11.8 Å². The van der Waals surface area contributed by atoms with Crippen LogP contribution in [-0.4, -0.2) is 9.55 Å². The minimum atomic E-state index is -3.10. The van der Waals surface area contributed by atoms with Crippen LogP contribution in [0.25, 0.3) is 27.5 Å². The summed E-state index contributed by atoms with van der Waals surface area (Å²) in [6, 6.07) is 36.9. The first-order chi connectivity index (χ1) is 17.1. The van der Waals surface area contributed by atoms with Gasteiger partial charge >= 0.3 is 0 Å². The van der Waals surface area contributed by atoms with E-state index >= 15 is 4.57 Å². The lowest BCUT2D eigenvalue weighted by Gasteiger charge is -2.24. The molecular formula is C30H21N2OPS. The Bertz CT molecular complexity index is 1820. The summed E-state index contributed by atoms with van der Waals surface area (Å²) >= 11 is 1.73. The fourth-order valence-corrected chi connectivity index (χ4v) is 9.03. The van der Waals surface area contributed by atoms with E-state index in [2.05, 4.69) is 59.2 Å². The topological polar surface area (TPSA) is 34.9 Å². The molecule has 168 valence electrons. The highest BCUT2D eigenvalue weighted by Crippen LogP contribution is 2.47. The normalized spacial score (nSPS) is 14.1. The monoisotopic (exact) mass is 488 g/mol. The van der Waals surface area contributed by atoms with Crippen molar-refractivity contribution in [2.24, 2.45) is 0 Å². The minimum Gasteiger partial charge on any atom is -0.309 e. The van der Waals surface area contributed by atoms with Crippen LogP contribution >= 0.6 is 18.9 Å². The molecule has 35 heavy (non-hydrogen) atoms. The summed E-state index contributed by atoms with van der Waals surface area (Å²) < 4.78 is 17.4. The zero-order valence-corrected chi connectivity index (χ0v) is 20.8. The van der Waals surface area contributed by atoms with Crippen LogP contribution in [0, 0.1) is 6.92 Å². The average molecular weight is 489 g/mol. The molecule has 1 aromatic heterocycles. The molecule has 0 spiro atoms. The molecule has 0 amide bonds. The van der Waals surface area contributed by atoms with Crippen molar-refractivity contribution in [3.63, 3.8) is 0 Å². The lowest BCUT2D eigenvalue weighted by Crippen LogP contribution is -2.25. The van der Waals surface area contributed by atoms with Crippen LogP contribution in [-0.2, 0) is 4.57 Å². The van der Waals surface area contributed by atoms with Gasteiger partial charge in [-0.3, -0.25) is 4.57 Å². The number of hydrogen-bond acceptors (Lipinski definition) is 3. The number of para-hydroxylation sites is 1. The molecule has 0 radical (unpaired) electrons. The van der Waals surface area contributed by atoms with Crippen LogP contribution in [0.4, 0.5) is 0 Å². The van der Waals surface area contributed by atoms with Crippen LogP contribution in [0.2, 0.25) is 0 Å². The number of aryl methyl sites for hydroxylation is 1. The van der Waals surface area contributed by atoms with E-state index < -0.39 is 7.14 Å². The second kappa shape index (κ2) is 7.71. The first kappa shape index (κ1) is 20.8. The molecule has 0 bridgehead atoms. The molecule has 0 saturated heterocycles. The van der Waals surface area contributed by atoms with Gasteiger partial charge in [0, 0.05) is 25.7 Å². The van der Waals surface area contributed by atoms with Gasteiger partial charge in [-0.1, -0.05) is 84.6 Å². The zero-order valence-electron chi connectivity index (χ0n) is 19.1. The number of aromatic nitrogens is 2. The molecular weight excluding hydrogens is 467 g/mol. The van der Waals surface area contributed by atoms with Gasteiger partial charge in [0.15, 0.2) is 7.14 Å². The van der Waals surface area contributed by atoms with Crippen LogP contribution in [0.3, 0.4) is 0 Å². The van der Waals surface area contributed by atoms with Gasteiger partial charge in [0.1, 0.15) is 5.82 Å². The fourth-order valence-electron chi connectivity index (χ4n) is 5.13. The third-order valence-corrected chi connectivity index (χ3v) is 10.9. The summed E-state index contributed by atoms with van der Waals surface area (Å²) in [7, 11) is -3.10. The Morgan fingerprint density at radius 3 is 2.29 bits per heavy atom. The number of imidazole rings is 1. The van der Waals surface area contributed by atoms with Gasteiger partial charge in [0.25, 0.3) is 0 Å². The van der Waals surface area contributed by atoms with Crippen molar-refractivity contribution in [1.29, 1.82) is 0 Å². The smallest absolute Gasteiger partial charge is 0.171 e. The lowest BCUT2D eigenvalue weighted by molar-refractivity contribution is 0.592. The van der Waals surface area contributed by atoms with Crippen LogP contribution in [0.1, 0.15) is 5.82 Å². The van der Waals surface area contributed by atoms with Crippen LogP contribution < -0.4 is 15.9 Å². The van der Waals surface area contributed by atoms with Gasteiger partial charge < -0.3 is 4.57 Å². The first-order valence-electron chi connectivity index (χ1n) is 11.6. The second-order valence-corrected chi connectivity index (χ2v) is 12.7. The third-order valence-electron chi connectivity index (χ3n) is 6.79. The largest absolute Gasteiger partial charge is 0.309 e. The Labute approximate surface area is 207 Å². The molecule has 1 aliphatic rings. The van der Waals surface area contributed by atoms with E-state index in [0.717, 1.165) is 54.1 Å². The molecule has 0 aliphatic carbocycles. The Kier molecular flexibility index (Phi) is 4.57. The minimum absolute atomic E-state index is 0.845. The average Bonchev–Trinajstić information content (AvgIpc) is 3.25. The predicted molar refractivity (Wildman–Crippen MR) is 147 cm³/mol. The highest BCUT2D eigenvalue weighted by Gasteiger charge is 2.32. The first-order valence-corrected chi connectivity index (χ1v) is 14.1. The summed E-state index contributed by atoms with van der Waals surface area (Å²) in [6.07, 6.45) is 0. The van der Waals surface area contributed by atoms with Crippen molar-refractivity contribution in [1.82, 2.24) is 9.55 Å². The molecule has 1 unspecified atom stereocenters. The summed E-state index contributed by atoms with van der Waals surface area (Å²) in [6.45, 7) is 2.04. The standard InChI is InChI=1S/C30H21N2OPS/c1-20-31-26-12-7-13-28-30(26)32(20)27-17-16-25(19-29(27)35-28)34(33,23-10-3-2-4-11-23)24-15-14-21-8-5-6-9-22(21)18-24/h2-19H,1H3. The molecule has 6 aromatic rings. The summed E-state index contributed by atoms with van der Waals surface area (Å²) in [4.78, 5) is 7.05. The molecule has 3 nitrogen and oxygen atoms in total. The van der Waals surface area contributed by atoms with Crippen molar-refractivity contribution in [3.8, 4) is 5.69 Å². The van der Waals surface area contributed by atoms with Crippen LogP contribution in [0.5, 0.6) is 0 Å². The molecule has 1 atom stereocenters. The fraction of sp³-hybridized carbons (Fsp3) is 0.0333. The van der Waals surface area contributed by atoms with E-state index in [0.29, 0.717) is 0 Å². The number of hydrogen-bond donors (Lipinski definition) is 0. The van der Waals surface area contributed by atoms with Crippen molar-refractivity contribution < 1.29 is 4.57 Å². The molecule has 0 fully saturated rings. The lowest BCUT2D eigenvalue weighted by atomic mass is 10.1. The number of benzene rings is 5. The van der Waals surface area contributed by atoms with E-state index in [4.69, 9.17) is 4.98 Å². The SMILES string of the molecule is Cc1nc2cccc3c2n1-c1ccc(P(=O)(c2ccccc2)c2ccc4ccccc4c2)cc1S3. The summed E-state index contributed by atoms with van der Waals surface area (Å²) in [5, 5.41) is 4.79. The second-order valence-electron chi connectivity index (χ2n) is 8.85. The highest BCUT2D eigenvalue weighted by molar-refractivity contribution is 7.99. The van der Waals surface area contributed by atoms with Crippen LogP contribution in [0.15, 0.2) is 119 Å². The quantitative estimate of drug-likeness (QED) is 0.263. The maximum Gasteiger partial charge on any atom is 0.171 e. The number of rotatable bonds is 3. The van der Waals surface area contributed by atoms with Gasteiger partial charge in [0.05, 0.1) is 16.7 Å². The highest BCUT2D eigenvalue weighted by atomic mass is 32.2. The molecule has 0 N–H and O–H groups in total. The summed E-state index contributed by atoms with van der Waals surface area (Å²) in [5.74, 6) is 0.961. The number of nitrogens with zero attached hydrogens (tertiary/aromatic N) is 2. The van der Waals surface area contributed by atoms with Gasteiger partial charge in [-0.2, -0.15) is 0 Å². The molecule has 1 aliphatic heterocycles. The van der Waals surface area contributed by atoms with Gasteiger partial charge in [-0.25, -0.2) is 4.98 Å². The zero-order chi connectivity index (χ0) is 23.6. The number of fused-ring (bicyclic) bond motifs is 3. The van der Waals surface area contributed by atoms with Gasteiger partial charge in [-0.05, 0) is 54.1 Å². The Morgan fingerprint density at radius 2 is 1.43 bits per heavy atom. The van der Waals surface area contributed by atoms with Crippen molar-refractivity contribution in [3.05, 3.63) is 115 Å². The Morgan fingerprint density at radius 1 is 0.686 bits per heavy atom. The van der Waals surface area contributed by atoms with Crippen molar-refractivity contribution in [2.75, 3.05) is 0 Å². The van der Waals surface area contributed by atoms with E-state index in [-0.39, 0.29) is 0 Å². The summed E-state index contributed by atoms with van der Waals surface area (Å²) in [5.41, 5.74) is 3.25. The molecule has 5 aromatic carbocycles. The maximum atomic E-state index is 15.2. The molecule has 0 saturated carbocycles. The van der Waals surface area contributed by atoms with E-state index in [9.17, 15) is 0 Å². The van der Waals surface area contributed by atoms with Crippen molar-refractivity contribution >= 4 is 56.6 Å². The predicted octanol–water partition coefficient (Wildman–Crippen LogP) is 6.59. The van der Waals surface area contributed by atoms with Gasteiger partial charge in [0.2, 0.25) is 0 Å². The van der Waals surface area contributed by atoms with Gasteiger partial charge in [-0.15, -0.1) is 0 Å². The van der Waals surface area contributed by atoms with E-state index in [1.165, 1.54) is 4.90 Å². The molecule has 2 heterocycles. The maximum absolute atomic E-state index is 15.2. The third kappa shape index (κ3) is 3.07. The Hall–Kier alpha value is -3.59. The Balaban J connectivity index is 1.47. The van der Waals surface area contributed by atoms with Crippen molar-refractivity contribution in [2.45, 2.75) is 16.7 Å². The van der Waals surface area contributed by atoms with E-state index in [1.807, 2.05) is 61.5 Å². The molecule has 5 heteroatoms. The molecule has 7 rings (SSSR count).